The van der Waals surface area contributed by atoms with Crippen molar-refractivity contribution >= 4 is 0 Å². The highest BCUT2D eigenvalue weighted by molar-refractivity contribution is 5.14. The summed E-state index contributed by atoms with van der Waals surface area (Å²) in [5.41, 5.74) is 7.21. The van der Waals surface area contributed by atoms with Gasteiger partial charge in [0.25, 0.3) is 0 Å². The van der Waals surface area contributed by atoms with E-state index in [1.807, 2.05) is 0 Å². The van der Waals surface area contributed by atoms with E-state index in [-0.39, 0.29) is 0 Å². The first-order valence-electron chi connectivity index (χ1n) is 8.42. The molecule has 21 heavy (non-hydrogen) atoms. The van der Waals surface area contributed by atoms with Gasteiger partial charge in [-0.05, 0) is 38.8 Å². The van der Waals surface area contributed by atoms with Gasteiger partial charge in [0.1, 0.15) is 0 Å². The van der Waals surface area contributed by atoms with Crippen molar-refractivity contribution in [1.82, 2.24) is 9.80 Å². The van der Waals surface area contributed by atoms with Crippen LogP contribution in [0.25, 0.3) is 0 Å². The Bertz CT molecular complexity index is 391. The van der Waals surface area contributed by atoms with Crippen LogP contribution in [0.2, 0.25) is 0 Å². The van der Waals surface area contributed by atoms with E-state index in [1.165, 1.54) is 31.4 Å². The van der Waals surface area contributed by atoms with Crippen LogP contribution in [-0.2, 0) is 6.54 Å². The zero-order valence-electron chi connectivity index (χ0n) is 13.7. The topological polar surface area (TPSA) is 32.5 Å². The number of likely N-dealkylation sites (tertiary alicyclic amines) is 1. The van der Waals surface area contributed by atoms with Gasteiger partial charge in [-0.25, -0.2) is 0 Å². The van der Waals surface area contributed by atoms with E-state index in [9.17, 15) is 0 Å². The molecule has 1 aromatic rings. The fourth-order valence-electron chi connectivity index (χ4n) is 3.29. The molecule has 1 fully saturated rings. The minimum absolute atomic E-state index is 0.578. The van der Waals surface area contributed by atoms with E-state index in [0.29, 0.717) is 12.1 Å². The van der Waals surface area contributed by atoms with Crippen molar-refractivity contribution in [3.05, 3.63) is 35.9 Å². The van der Waals surface area contributed by atoms with Crippen LogP contribution in [0.15, 0.2) is 30.3 Å². The van der Waals surface area contributed by atoms with Crippen LogP contribution >= 0.6 is 0 Å². The predicted molar refractivity (Wildman–Crippen MR) is 90.3 cm³/mol. The zero-order chi connectivity index (χ0) is 15.1. The fraction of sp³-hybridized carbons (Fsp3) is 0.667. The van der Waals surface area contributed by atoms with E-state index in [4.69, 9.17) is 5.73 Å². The number of hydrogen-bond donors (Lipinski definition) is 1. The molecule has 0 amide bonds. The quantitative estimate of drug-likeness (QED) is 0.837. The Morgan fingerprint density at radius 2 is 2.00 bits per heavy atom. The third kappa shape index (κ3) is 5.10. The molecule has 1 atom stereocenters. The summed E-state index contributed by atoms with van der Waals surface area (Å²) in [6.45, 7) is 9.78. The van der Waals surface area contributed by atoms with Gasteiger partial charge >= 0.3 is 0 Å². The van der Waals surface area contributed by atoms with Gasteiger partial charge in [-0.15, -0.1) is 0 Å². The summed E-state index contributed by atoms with van der Waals surface area (Å²) in [5, 5.41) is 0. The maximum absolute atomic E-state index is 5.78. The third-order valence-electron chi connectivity index (χ3n) is 4.57. The molecule has 1 saturated heterocycles. The molecule has 0 spiro atoms. The molecule has 0 saturated carbocycles. The Hall–Kier alpha value is -0.900. The highest BCUT2D eigenvalue weighted by Gasteiger charge is 2.25. The van der Waals surface area contributed by atoms with Crippen LogP contribution in [0.4, 0.5) is 0 Å². The van der Waals surface area contributed by atoms with E-state index < -0.39 is 0 Å². The highest BCUT2D eigenvalue weighted by Crippen LogP contribution is 2.21. The lowest BCUT2D eigenvalue weighted by atomic mass is 10.00. The molecule has 2 N–H and O–H groups in total. The maximum Gasteiger partial charge on any atom is 0.0237 e. The summed E-state index contributed by atoms with van der Waals surface area (Å²) in [7, 11) is 0. The van der Waals surface area contributed by atoms with Crippen molar-refractivity contribution in [1.29, 1.82) is 0 Å². The molecule has 1 aliphatic rings. The average molecular weight is 289 g/mol. The molecule has 2 rings (SSSR count). The van der Waals surface area contributed by atoms with E-state index in [1.54, 1.807) is 0 Å². The van der Waals surface area contributed by atoms with Gasteiger partial charge in [-0.1, -0.05) is 36.8 Å². The number of benzene rings is 1. The second kappa shape index (κ2) is 8.52. The number of rotatable bonds is 7. The van der Waals surface area contributed by atoms with E-state index in [2.05, 4.69) is 54.0 Å². The lowest BCUT2D eigenvalue weighted by Gasteiger charge is -2.40. The van der Waals surface area contributed by atoms with Crippen LogP contribution in [0.3, 0.4) is 0 Å². The van der Waals surface area contributed by atoms with Crippen molar-refractivity contribution in [2.75, 3.05) is 26.2 Å². The molecule has 118 valence electrons. The number of piperidine rings is 1. The number of nitrogens with zero attached hydrogens (tertiary/aromatic N) is 2. The highest BCUT2D eigenvalue weighted by atomic mass is 15.2. The molecular weight excluding hydrogens is 258 g/mol. The maximum atomic E-state index is 5.78. The molecule has 0 bridgehead atoms. The Kier molecular flexibility index (Phi) is 6.68. The number of hydrogen-bond acceptors (Lipinski definition) is 3. The summed E-state index contributed by atoms with van der Waals surface area (Å²) in [4.78, 5) is 5.21. The van der Waals surface area contributed by atoms with Gasteiger partial charge in [0, 0.05) is 38.3 Å². The largest absolute Gasteiger partial charge is 0.329 e. The Balaban J connectivity index is 1.97. The summed E-state index contributed by atoms with van der Waals surface area (Å²) in [6.07, 6.45) is 4.02. The van der Waals surface area contributed by atoms with Crippen molar-refractivity contribution < 1.29 is 0 Å². The molecule has 1 aliphatic heterocycles. The van der Waals surface area contributed by atoms with Crippen LogP contribution in [0.5, 0.6) is 0 Å². The van der Waals surface area contributed by atoms with Crippen molar-refractivity contribution in [3.63, 3.8) is 0 Å². The lowest BCUT2D eigenvalue weighted by Crippen LogP contribution is -2.49. The molecule has 0 aliphatic carbocycles. The monoisotopic (exact) mass is 289 g/mol. The lowest BCUT2D eigenvalue weighted by molar-refractivity contribution is 0.0867. The second-order valence-electron chi connectivity index (χ2n) is 6.48. The van der Waals surface area contributed by atoms with Crippen LogP contribution < -0.4 is 5.73 Å². The molecule has 3 nitrogen and oxygen atoms in total. The molecule has 1 unspecified atom stereocenters. The van der Waals surface area contributed by atoms with Crippen LogP contribution in [0.1, 0.15) is 38.7 Å². The number of nitrogens with two attached hydrogens (primary N) is 1. The Labute approximate surface area is 130 Å². The summed E-state index contributed by atoms with van der Waals surface area (Å²) >= 11 is 0. The van der Waals surface area contributed by atoms with Gasteiger partial charge in [-0.2, -0.15) is 0 Å². The SMILES string of the molecule is CC(C)N(CCN)CC1CCCCN1Cc1ccccc1. The third-order valence-corrected chi connectivity index (χ3v) is 4.57. The summed E-state index contributed by atoms with van der Waals surface area (Å²) in [5.74, 6) is 0. The van der Waals surface area contributed by atoms with Gasteiger partial charge in [0.15, 0.2) is 0 Å². The van der Waals surface area contributed by atoms with Crippen molar-refractivity contribution in [2.45, 2.75) is 51.7 Å². The normalized spacial score (nSPS) is 20.3. The Morgan fingerprint density at radius 3 is 2.67 bits per heavy atom. The molecule has 1 aromatic carbocycles. The molecule has 3 heteroatoms. The zero-order valence-corrected chi connectivity index (χ0v) is 13.7. The minimum Gasteiger partial charge on any atom is -0.329 e. The van der Waals surface area contributed by atoms with Crippen molar-refractivity contribution in [3.8, 4) is 0 Å². The second-order valence-corrected chi connectivity index (χ2v) is 6.48. The van der Waals surface area contributed by atoms with Gasteiger partial charge in [0.05, 0.1) is 0 Å². The first-order valence-corrected chi connectivity index (χ1v) is 8.42. The Morgan fingerprint density at radius 1 is 1.24 bits per heavy atom. The van der Waals surface area contributed by atoms with Crippen LogP contribution in [0, 0.1) is 0 Å². The molecule has 0 radical (unpaired) electrons. The average Bonchev–Trinajstić information content (AvgIpc) is 2.49. The smallest absolute Gasteiger partial charge is 0.0237 e. The molecular formula is C18H31N3. The first-order chi connectivity index (χ1) is 10.2. The van der Waals surface area contributed by atoms with E-state index >= 15 is 0 Å². The van der Waals surface area contributed by atoms with E-state index in [0.717, 1.165) is 26.2 Å². The first kappa shape index (κ1) is 16.5. The fourth-order valence-corrected chi connectivity index (χ4v) is 3.29. The van der Waals surface area contributed by atoms with Crippen molar-refractivity contribution in [2.24, 2.45) is 5.73 Å². The molecule has 1 heterocycles. The standard InChI is InChI=1S/C18H31N3/c1-16(2)20(13-11-19)15-18-10-6-7-12-21(18)14-17-8-4-3-5-9-17/h3-5,8-9,16,18H,6-7,10-15,19H2,1-2H3. The summed E-state index contributed by atoms with van der Waals surface area (Å²) in [6, 6.07) is 12.1. The minimum atomic E-state index is 0.578. The predicted octanol–water partition coefficient (Wildman–Crippen LogP) is 2.71. The molecule has 0 aromatic heterocycles. The van der Waals surface area contributed by atoms with Gasteiger partial charge < -0.3 is 5.73 Å². The van der Waals surface area contributed by atoms with Crippen LogP contribution in [-0.4, -0.2) is 48.1 Å². The van der Waals surface area contributed by atoms with Gasteiger partial charge in [-0.3, -0.25) is 9.80 Å². The summed E-state index contributed by atoms with van der Waals surface area (Å²) < 4.78 is 0. The van der Waals surface area contributed by atoms with Gasteiger partial charge in [0.2, 0.25) is 0 Å².